The summed E-state index contributed by atoms with van der Waals surface area (Å²) in [6, 6.07) is 24.8. The second-order valence-electron chi connectivity index (χ2n) is 15.0. The van der Waals surface area contributed by atoms with Crippen LogP contribution < -0.4 is 32.0 Å². The summed E-state index contributed by atoms with van der Waals surface area (Å²) in [4.78, 5) is 67.1. The van der Waals surface area contributed by atoms with E-state index in [1.54, 1.807) is 28.1 Å². The number of aryl methyl sites for hydroxylation is 2. The van der Waals surface area contributed by atoms with E-state index in [0.717, 1.165) is 16.7 Å². The van der Waals surface area contributed by atoms with Crippen LogP contribution in [0.2, 0.25) is 0 Å². The summed E-state index contributed by atoms with van der Waals surface area (Å²) in [6.45, 7) is 4.13. The fraction of sp³-hybridized carbons (Fsp3) is 0.386. The van der Waals surface area contributed by atoms with Gasteiger partial charge in [-0.05, 0) is 54.8 Å². The number of carbonyl (C=O) groups is 1. The fourth-order valence-corrected chi connectivity index (χ4v) is 8.71. The van der Waals surface area contributed by atoms with Crippen molar-refractivity contribution < 1.29 is 46.8 Å². The Balaban J connectivity index is 1.19. The normalized spacial score (nSPS) is 21.6. The number of methoxy groups -OCH3 is 2. The van der Waals surface area contributed by atoms with E-state index in [2.05, 4.69) is 9.97 Å². The molecule has 334 valence electrons. The van der Waals surface area contributed by atoms with Crippen LogP contribution in [0, 0.1) is 13.8 Å². The highest BCUT2D eigenvalue weighted by atomic mass is 31.2. The molecule has 0 spiro atoms. The number of benzene rings is 3. The van der Waals surface area contributed by atoms with E-state index in [-0.39, 0.29) is 26.1 Å². The van der Waals surface area contributed by atoms with Crippen LogP contribution >= 0.6 is 8.60 Å². The second-order valence-corrected chi connectivity index (χ2v) is 16.3. The van der Waals surface area contributed by atoms with Crippen LogP contribution in [0.5, 0.6) is 11.5 Å². The van der Waals surface area contributed by atoms with Crippen molar-refractivity contribution in [2.24, 2.45) is 0 Å². The van der Waals surface area contributed by atoms with Gasteiger partial charge < -0.3 is 42.0 Å². The lowest BCUT2D eigenvalue weighted by Crippen LogP contribution is -2.38. The maximum atomic E-state index is 13.2. The highest BCUT2D eigenvalue weighted by Gasteiger charge is 2.45. The van der Waals surface area contributed by atoms with Crippen LogP contribution in [0.3, 0.4) is 0 Å². The molecule has 2 aliphatic heterocycles. The zero-order valence-electron chi connectivity index (χ0n) is 35.5. The van der Waals surface area contributed by atoms with Crippen molar-refractivity contribution in [2.45, 2.75) is 76.1 Å². The first-order valence-electron chi connectivity index (χ1n) is 20.1. The van der Waals surface area contributed by atoms with Crippen LogP contribution in [-0.4, -0.2) is 84.0 Å². The monoisotopic (exact) mass is 888 g/mol. The molecule has 18 nitrogen and oxygen atoms in total. The molecule has 1 unspecified atom stereocenters. The number of nitrogens with one attached hydrogen (secondary N) is 2. The highest BCUT2D eigenvalue weighted by Crippen LogP contribution is 2.47. The molecule has 2 saturated heterocycles. The maximum Gasteiger partial charge on any atom is 0.332 e. The van der Waals surface area contributed by atoms with E-state index >= 15 is 0 Å². The van der Waals surface area contributed by atoms with Gasteiger partial charge in [-0.15, -0.1) is 0 Å². The largest absolute Gasteiger partial charge is 0.497 e. The highest BCUT2D eigenvalue weighted by molar-refractivity contribution is 7.41. The number of hydrogen-bond donors (Lipinski definition) is 2. The van der Waals surface area contributed by atoms with E-state index in [1.165, 1.54) is 35.6 Å². The third-order valence-electron chi connectivity index (χ3n) is 10.9. The number of ether oxygens (including phenoxy) is 6. The van der Waals surface area contributed by atoms with Crippen molar-refractivity contribution in [1.29, 1.82) is 0 Å². The van der Waals surface area contributed by atoms with E-state index in [9.17, 15) is 24.0 Å². The van der Waals surface area contributed by atoms with Gasteiger partial charge in [-0.2, -0.15) is 0 Å². The van der Waals surface area contributed by atoms with Crippen LogP contribution in [0.15, 0.2) is 110 Å². The molecule has 7 atom stereocenters. The molecule has 19 heteroatoms. The number of nitrogens with zero attached hydrogens (tertiary/aromatic N) is 2. The topological polar surface area (TPSA) is 210 Å². The second kappa shape index (κ2) is 19.8. The average molecular weight is 889 g/mol. The van der Waals surface area contributed by atoms with Crippen molar-refractivity contribution in [3.8, 4) is 11.5 Å². The van der Waals surface area contributed by atoms with Crippen molar-refractivity contribution in [2.75, 3.05) is 34.5 Å². The van der Waals surface area contributed by atoms with Crippen molar-refractivity contribution in [3.05, 3.63) is 161 Å². The van der Waals surface area contributed by atoms with E-state index in [1.807, 2.05) is 78.9 Å². The first-order valence-corrected chi connectivity index (χ1v) is 21.2. The summed E-state index contributed by atoms with van der Waals surface area (Å²) in [5.74, 6) is 0.738. The zero-order chi connectivity index (χ0) is 44.8. The summed E-state index contributed by atoms with van der Waals surface area (Å²) in [5, 5.41) is 0. The Labute approximate surface area is 362 Å². The molecule has 2 fully saturated rings. The molecule has 0 amide bonds. The van der Waals surface area contributed by atoms with Gasteiger partial charge in [-0.25, -0.2) is 9.59 Å². The quantitative estimate of drug-likeness (QED) is 0.0748. The third kappa shape index (κ3) is 9.92. The predicted molar refractivity (Wildman–Crippen MR) is 228 cm³/mol. The fourth-order valence-electron chi connectivity index (χ4n) is 7.74. The maximum absolute atomic E-state index is 13.2. The Hall–Kier alpha value is -5.72. The SMILES string of the molecule is COc1ccc(C(OC[C@H]2O[C@@H](n3cc(C)c(=O)[nH]c3=O)C[C@@H]2OP(OC)OC[C@H]2O[C@@H](n3cc(C)c(=O)[nH]c3=O)C[C@@H]2OC(C)=O)(c2ccccc2)c2ccc(OC)cc2)cc1. The lowest BCUT2D eigenvalue weighted by Gasteiger charge is -2.37. The molecule has 0 bridgehead atoms. The molecular formula is C44H49N4O14P. The molecule has 0 radical (unpaired) electrons. The zero-order valence-corrected chi connectivity index (χ0v) is 36.4. The molecule has 2 aromatic heterocycles. The summed E-state index contributed by atoms with van der Waals surface area (Å²) in [7, 11) is 2.42. The number of hydrogen-bond acceptors (Lipinski definition) is 14. The molecule has 5 aromatic rings. The van der Waals surface area contributed by atoms with Gasteiger partial charge in [0.1, 0.15) is 47.9 Å². The number of aromatic amines is 2. The molecule has 2 aliphatic rings. The van der Waals surface area contributed by atoms with Gasteiger partial charge >= 0.3 is 26.0 Å². The summed E-state index contributed by atoms with van der Waals surface area (Å²) in [6.07, 6.45) is -2.11. The smallest absolute Gasteiger partial charge is 0.332 e. The Morgan fingerprint density at radius 3 is 1.65 bits per heavy atom. The number of carbonyl (C=O) groups excluding carboxylic acids is 1. The lowest BCUT2D eigenvalue weighted by atomic mass is 9.80. The first kappa shape index (κ1) is 45.3. The van der Waals surface area contributed by atoms with Gasteiger partial charge in [-0.1, -0.05) is 54.6 Å². The molecular weight excluding hydrogens is 839 g/mol. The molecule has 0 aliphatic carbocycles. The Morgan fingerprint density at radius 1 is 0.698 bits per heavy atom. The Kier molecular flexibility index (Phi) is 14.2. The number of esters is 1. The van der Waals surface area contributed by atoms with Crippen molar-refractivity contribution in [3.63, 3.8) is 0 Å². The first-order chi connectivity index (χ1) is 30.3. The third-order valence-corrected chi connectivity index (χ3v) is 12.0. The molecule has 2 N–H and O–H groups in total. The minimum Gasteiger partial charge on any atom is -0.497 e. The van der Waals surface area contributed by atoms with Crippen molar-refractivity contribution in [1.82, 2.24) is 19.1 Å². The molecule has 4 heterocycles. The van der Waals surface area contributed by atoms with Crippen LogP contribution in [0.4, 0.5) is 0 Å². The van der Waals surface area contributed by atoms with Gasteiger partial charge in [0.15, 0.2) is 0 Å². The number of rotatable bonds is 17. The molecule has 7 rings (SSSR count). The van der Waals surface area contributed by atoms with Crippen molar-refractivity contribution >= 4 is 14.6 Å². The summed E-state index contributed by atoms with van der Waals surface area (Å²) in [5.41, 5.74) is -0.672. The summed E-state index contributed by atoms with van der Waals surface area (Å²) < 4.78 is 57.5. The van der Waals surface area contributed by atoms with Gasteiger partial charge in [-0.3, -0.25) is 33.5 Å². The van der Waals surface area contributed by atoms with Gasteiger partial charge in [0, 0.05) is 50.4 Å². The van der Waals surface area contributed by atoms with Gasteiger partial charge in [0.05, 0.1) is 33.5 Å². The van der Waals surface area contributed by atoms with E-state index in [4.69, 9.17) is 42.0 Å². The predicted octanol–water partition coefficient (Wildman–Crippen LogP) is 4.51. The number of H-pyrrole nitrogens is 2. The minimum atomic E-state index is -2.17. The van der Waals surface area contributed by atoms with Gasteiger partial charge in [0.2, 0.25) is 0 Å². The average Bonchev–Trinajstić information content (AvgIpc) is 3.88. The van der Waals surface area contributed by atoms with E-state index < -0.39 is 79.5 Å². The van der Waals surface area contributed by atoms with Crippen LogP contribution in [-0.2, 0) is 42.9 Å². The lowest BCUT2D eigenvalue weighted by molar-refractivity contribution is -0.150. The Bertz CT molecular complexity index is 2550. The standard InChI is InChI=1S/C44H49N4O14P/c1-26-22-47(42(52)45-40(26)50)38-20-34(59-28(3)49)37(61-38)25-58-63(56-6)62-35-21-39(48-23-27(2)41(51)46-43(48)53)60-36(35)24-57-44(29-10-8-7-9-11-29,30-12-16-32(54-4)17-13-30)31-14-18-33(55-5)19-15-31/h7-19,22-23,34-39H,20-21,24-25H2,1-6H3,(H,45,50,52)(H,46,51,53)/t34-,35-,36+,37+,38+,39+,63?/m0/s1. The number of aromatic nitrogens is 4. The molecule has 0 saturated carbocycles. The van der Waals surface area contributed by atoms with Crippen LogP contribution in [0.25, 0.3) is 0 Å². The Morgan fingerprint density at radius 2 is 1.17 bits per heavy atom. The minimum absolute atomic E-state index is 0.0899. The summed E-state index contributed by atoms with van der Waals surface area (Å²) >= 11 is 0. The molecule has 63 heavy (non-hydrogen) atoms. The van der Waals surface area contributed by atoms with Crippen LogP contribution in [0.1, 0.15) is 60.0 Å². The van der Waals surface area contributed by atoms with E-state index in [0.29, 0.717) is 22.6 Å². The van der Waals surface area contributed by atoms with Gasteiger partial charge in [0.25, 0.3) is 11.1 Å². The molecule has 3 aromatic carbocycles.